The Labute approximate surface area is 145 Å². The number of ketones is 1. The summed E-state index contributed by atoms with van der Waals surface area (Å²) in [6.45, 7) is 2.06. The second kappa shape index (κ2) is 7.20. The maximum atomic E-state index is 12.6. The van der Waals surface area contributed by atoms with Crippen LogP contribution >= 0.6 is 11.8 Å². The highest BCUT2D eigenvalue weighted by Gasteiger charge is 2.33. The average Bonchev–Trinajstić information content (AvgIpc) is 3.12. The molecule has 2 N–H and O–H groups in total. The number of hydrogen-bond acceptors (Lipinski definition) is 4. The van der Waals surface area contributed by atoms with Crippen LogP contribution in [0.4, 0.5) is 0 Å². The van der Waals surface area contributed by atoms with Crippen LogP contribution in [0.3, 0.4) is 0 Å². The van der Waals surface area contributed by atoms with E-state index in [9.17, 15) is 9.59 Å². The van der Waals surface area contributed by atoms with Crippen molar-refractivity contribution < 1.29 is 14.7 Å². The maximum Gasteiger partial charge on any atom is 0.321 e. The highest BCUT2D eigenvalue weighted by atomic mass is 32.2. The topological polar surface area (TPSA) is 66.4 Å². The molecule has 5 heteroatoms. The van der Waals surface area contributed by atoms with Crippen LogP contribution in [-0.2, 0) is 4.79 Å². The van der Waals surface area contributed by atoms with Gasteiger partial charge in [0.2, 0.25) is 0 Å². The van der Waals surface area contributed by atoms with Gasteiger partial charge >= 0.3 is 5.97 Å². The smallest absolute Gasteiger partial charge is 0.321 e. The Morgan fingerprint density at radius 2 is 1.83 bits per heavy atom. The lowest BCUT2D eigenvalue weighted by molar-refractivity contribution is -0.138. The Morgan fingerprint density at radius 1 is 1.12 bits per heavy atom. The molecular weight excluding hydrogens is 322 g/mol. The van der Waals surface area contributed by atoms with Crippen LogP contribution in [0, 0.1) is 0 Å². The molecule has 1 saturated heterocycles. The van der Waals surface area contributed by atoms with Crippen molar-refractivity contribution in [2.75, 3.05) is 5.75 Å². The van der Waals surface area contributed by atoms with E-state index >= 15 is 0 Å². The SMILES string of the molecule is CC(c1cccc(C(=O)c2ccccc2)c1)C1N[C@H](C(=O)O)CS1. The lowest BCUT2D eigenvalue weighted by Crippen LogP contribution is -2.38. The third-order valence-electron chi connectivity index (χ3n) is 4.27. The number of rotatable bonds is 5. The lowest BCUT2D eigenvalue weighted by atomic mass is 9.95. The lowest BCUT2D eigenvalue weighted by Gasteiger charge is -2.20. The van der Waals surface area contributed by atoms with Crippen molar-refractivity contribution in [2.45, 2.75) is 24.3 Å². The van der Waals surface area contributed by atoms with E-state index in [1.54, 1.807) is 11.8 Å². The molecule has 1 aliphatic rings. The molecule has 2 aromatic carbocycles. The van der Waals surface area contributed by atoms with Gasteiger partial charge < -0.3 is 5.11 Å². The first-order valence-electron chi connectivity index (χ1n) is 7.86. The van der Waals surface area contributed by atoms with Crippen molar-refractivity contribution >= 4 is 23.5 Å². The minimum Gasteiger partial charge on any atom is -0.480 e. The van der Waals surface area contributed by atoms with E-state index in [-0.39, 0.29) is 17.1 Å². The van der Waals surface area contributed by atoms with Gasteiger partial charge in [-0.2, -0.15) is 0 Å². The number of carboxylic acids is 1. The molecule has 0 saturated carbocycles. The minimum absolute atomic E-state index is 0.0000895. The number of benzene rings is 2. The molecule has 2 unspecified atom stereocenters. The van der Waals surface area contributed by atoms with Crippen molar-refractivity contribution in [3.05, 3.63) is 71.3 Å². The van der Waals surface area contributed by atoms with E-state index in [0.29, 0.717) is 16.9 Å². The second-order valence-electron chi connectivity index (χ2n) is 5.92. The van der Waals surface area contributed by atoms with Gasteiger partial charge in [-0.25, -0.2) is 0 Å². The molecule has 0 aromatic heterocycles. The fourth-order valence-electron chi connectivity index (χ4n) is 2.82. The second-order valence-corrected chi connectivity index (χ2v) is 7.10. The molecule has 24 heavy (non-hydrogen) atoms. The Hall–Kier alpha value is -2.11. The molecule has 0 bridgehead atoms. The summed E-state index contributed by atoms with van der Waals surface area (Å²) in [5, 5.41) is 12.3. The maximum absolute atomic E-state index is 12.6. The molecule has 3 atom stereocenters. The quantitative estimate of drug-likeness (QED) is 0.818. The average molecular weight is 341 g/mol. The summed E-state index contributed by atoms with van der Waals surface area (Å²) in [5.74, 6) is -0.138. The van der Waals surface area contributed by atoms with Gasteiger partial charge in [0.25, 0.3) is 0 Å². The standard InChI is InChI=1S/C19H19NO3S/c1-12(18-20-16(11-24-18)19(22)23)14-8-5-9-15(10-14)17(21)13-6-3-2-4-7-13/h2-10,12,16,18,20H,11H2,1H3,(H,22,23)/t12?,16-,18?/m0/s1. The van der Waals surface area contributed by atoms with Crippen LogP contribution in [0.15, 0.2) is 54.6 Å². The Balaban J connectivity index is 1.78. The number of carboxylic acid groups (broad SMARTS) is 1. The fraction of sp³-hybridized carbons (Fsp3) is 0.263. The van der Waals surface area contributed by atoms with Gasteiger partial charge in [0.1, 0.15) is 6.04 Å². The summed E-state index contributed by atoms with van der Waals surface area (Å²) in [4.78, 5) is 23.7. The molecule has 1 aliphatic heterocycles. The summed E-state index contributed by atoms with van der Waals surface area (Å²) < 4.78 is 0. The number of carbonyl (C=O) groups excluding carboxylic acids is 1. The fourth-order valence-corrected chi connectivity index (χ4v) is 4.16. The van der Waals surface area contributed by atoms with Crippen molar-refractivity contribution in [3.63, 3.8) is 0 Å². The molecule has 0 amide bonds. The molecular formula is C19H19NO3S. The highest BCUT2D eigenvalue weighted by molar-refractivity contribution is 8.00. The van der Waals surface area contributed by atoms with E-state index < -0.39 is 12.0 Å². The number of hydrogen-bond donors (Lipinski definition) is 2. The zero-order valence-electron chi connectivity index (χ0n) is 13.3. The predicted octanol–water partition coefficient (Wildman–Crippen LogP) is 3.14. The van der Waals surface area contributed by atoms with Gasteiger partial charge in [-0.1, -0.05) is 55.5 Å². The first-order valence-corrected chi connectivity index (χ1v) is 8.91. The van der Waals surface area contributed by atoms with Crippen molar-refractivity contribution in [3.8, 4) is 0 Å². The zero-order valence-corrected chi connectivity index (χ0v) is 14.1. The van der Waals surface area contributed by atoms with Crippen LogP contribution < -0.4 is 5.32 Å². The number of thioether (sulfide) groups is 1. The normalized spacial score (nSPS) is 21.4. The molecule has 0 radical (unpaired) electrons. The van der Waals surface area contributed by atoms with Gasteiger partial charge in [0.15, 0.2) is 5.78 Å². The summed E-state index contributed by atoms with van der Waals surface area (Å²) in [6.07, 6.45) is 0. The van der Waals surface area contributed by atoms with Crippen LogP contribution in [0.25, 0.3) is 0 Å². The third kappa shape index (κ3) is 3.52. The summed E-state index contributed by atoms with van der Waals surface area (Å²) >= 11 is 1.62. The third-order valence-corrected chi connectivity index (χ3v) is 5.70. The summed E-state index contributed by atoms with van der Waals surface area (Å²) in [7, 11) is 0. The van der Waals surface area contributed by atoms with Gasteiger partial charge in [0, 0.05) is 22.8 Å². The van der Waals surface area contributed by atoms with E-state index in [1.165, 1.54) is 0 Å². The molecule has 124 valence electrons. The van der Waals surface area contributed by atoms with Crippen molar-refractivity contribution in [1.82, 2.24) is 5.32 Å². The number of aliphatic carboxylic acids is 1. The van der Waals surface area contributed by atoms with Gasteiger partial charge in [-0.05, 0) is 11.6 Å². The van der Waals surface area contributed by atoms with Gasteiger partial charge in [-0.15, -0.1) is 11.8 Å². The van der Waals surface area contributed by atoms with Crippen molar-refractivity contribution in [2.24, 2.45) is 0 Å². The predicted molar refractivity (Wildman–Crippen MR) is 95.5 cm³/mol. The minimum atomic E-state index is -0.815. The van der Waals surface area contributed by atoms with E-state index in [0.717, 1.165) is 5.56 Å². The first kappa shape index (κ1) is 16.7. The molecule has 3 rings (SSSR count). The van der Waals surface area contributed by atoms with E-state index in [1.807, 2.05) is 54.6 Å². The number of carbonyl (C=O) groups is 2. The number of nitrogens with one attached hydrogen (secondary N) is 1. The Morgan fingerprint density at radius 3 is 2.50 bits per heavy atom. The summed E-state index contributed by atoms with van der Waals surface area (Å²) in [6, 6.07) is 16.3. The van der Waals surface area contributed by atoms with Crippen LogP contribution in [0.2, 0.25) is 0 Å². The Bertz CT molecular complexity index is 747. The monoisotopic (exact) mass is 341 g/mol. The molecule has 4 nitrogen and oxygen atoms in total. The van der Waals surface area contributed by atoms with Crippen LogP contribution in [0.5, 0.6) is 0 Å². The first-order chi connectivity index (χ1) is 11.6. The Kier molecular flexibility index (Phi) is 5.02. The molecule has 0 spiro atoms. The largest absolute Gasteiger partial charge is 0.480 e. The van der Waals surface area contributed by atoms with Crippen molar-refractivity contribution in [1.29, 1.82) is 0 Å². The van der Waals surface area contributed by atoms with E-state index in [2.05, 4.69) is 12.2 Å². The van der Waals surface area contributed by atoms with Crippen LogP contribution in [0.1, 0.15) is 34.3 Å². The summed E-state index contributed by atoms with van der Waals surface area (Å²) in [5.41, 5.74) is 2.36. The molecule has 2 aromatic rings. The van der Waals surface area contributed by atoms with Crippen LogP contribution in [-0.4, -0.2) is 34.0 Å². The zero-order chi connectivity index (χ0) is 17.1. The molecule has 1 fully saturated rings. The van der Waals surface area contributed by atoms with E-state index in [4.69, 9.17) is 5.11 Å². The molecule has 0 aliphatic carbocycles. The van der Waals surface area contributed by atoms with Gasteiger partial charge in [-0.3, -0.25) is 14.9 Å². The molecule has 1 heterocycles. The highest BCUT2D eigenvalue weighted by Crippen LogP contribution is 2.32. The van der Waals surface area contributed by atoms with Gasteiger partial charge in [0.05, 0.1) is 5.37 Å².